The topological polar surface area (TPSA) is 111 Å². The minimum atomic E-state index is -1.06. The van der Waals surface area contributed by atoms with Crippen LogP contribution in [0.25, 0.3) is 0 Å². The molecule has 1 aromatic heterocycles. The van der Waals surface area contributed by atoms with Crippen molar-refractivity contribution < 1.29 is 19.5 Å². The molecule has 0 aliphatic rings. The molecule has 0 radical (unpaired) electrons. The molecule has 1 N–H and O–H groups in total. The second-order valence-electron chi connectivity index (χ2n) is 5.28. The van der Waals surface area contributed by atoms with Crippen LogP contribution in [0.1, 0.15) is 40.5 Å². The molecule has 0 fully saturated rings. The number of aromatic nitrogens is 2. The van der Waals surface area contributed by atoms with Gasteiger partial charge >= 0.3 is 11.7 Å². The van der Waals surface area contributed by atoms with Gasteiger partial charge in [0.1, 0.15) is 6.20 Å². The SMILES string of the molecule is CCCC(C)Oc1ncc([N+](=O)[O-])c(N(CC)CC(O)OCC)n1. The van der Waals surface area contributed by atoms with Gasteiger partial charge in [0, 0.05) is 13.2 Å². The molecule has 1 aromatic rings. The Morgan fingerprint density at radius 3 is 2.67 bits per heavy atom. The van der Waals surface area contributed by atoms with Crippen molar-refractivity contribution in [2.24, 2.45) is 0 Å². The molecule has 0 aliphatic carbocycles. The van der Waals surface area contributed by atoms with Gasteiger partial charge < -0.3 is 19.5 Å². The van der Waals surface area contributed by atoms with Crippen LogP contribution < -0.4 is 9.64 Å². The molecule has 0 saturated heterocycles. The summed E-state index contributed by atoms with van der Waals surface area (Å²) in [6.07, 6.45) is 1.76. The lowest BCUT2D eigenvalue weighted by Gasteiger charge is -2.24. The Bertz CT molecular complexity index is 529. The van der Waals surface area contributed by atoms with Crippen LogP contribution in [0.2, 0.25) is 0 Å². The Morgan fingerprint density at radius 2 is 2.12 bits per heavy atom. The Morgan fingerprint density at radius 1 is 1.42 bits per heavy atom. The molecule has 0 aliphatic heterocycles. The standard InChI is InChI=1S/C15H26N4O5/c1-5-8-11(4)24-15-16-9-12(19(21)22)14(17-15)18(6-2)10-13(20)23-7-3/h9,11,13,20H,5-8,10H2,1-4H3. The summed E-state index contributed by atoms with van der Waals surface area (Å²) in [6, 6.07) is 0.0842. The molecule has 1 rings (SSSR count). The van der Waals surface area contributed by atoms with E-state index in [1.807, 2.05) is 20.8 Å². The van der Waals surface area contributed by atoms with Crippen molar-refractivity contribution in [3.63, 3.8) is 0 Å². The number of hydrogen-bond donors (Lipinski definition) is 1. The van der Waals surface area contributed by atoms with E-state index in [0.717, 1.165) is 19.0 Å². The van der Waals surface area contributed by atoms with Crippen molar-refractivity contribution >= 4 is 11.5 Å². The van der Waals surface area contributed by atoms with E-state index in [4.69, 9.17) is 9.47 Å². The normalized spacial score (nSPS) is 13.4. The molecule has 136 valence electrons. The first kappa shape index (κ1) is 20.0. The summed E-state index contributed by atoms with van der Waals surface area (Å²) >= 11 is 0. The van der Waals surface area contributed by atoms with Crippen LogP contribution in [-0.4, -0.2) is 52.1 Å². The summed E-state index contributed by atoms with van der Waals surface area (Å²) < 4.78 is 10.7. The van der Waals surface area contributed by atoms with Gasteiger partial charge in [-0.05, 0) is 27.2 Å². The highest BCUT2D eigenvalue weighted by molar-refractivity contribution is 5.57. The fourth-order valence-corrected chi connectivity index (χ4v) is 2.21. The lowest BCUT2D eigenvalue weighted by Crippen LogP contribution is -2.35. The molecule has 0 saturated carbocycles. The van der Waals surface area contributed by atoms with Crippen LogP contribution >= 0.6 is 0 Å². The van der Waals surface area contributed by atoms with Gasteiger partial charge in [0.15, 0.2) is 6.29 Å². The van der Waals surface area contributed by atoms with Crippen LogP contribution in [0.3, 0.4) is 0 Å². The first-order chi connectivity index (χ1) is 11.4. The van der Waals surface area contributed by atoms with E-state index in [1.165, 1.54) is 0 Å². The zero-order valence-corrected chi connectivity index (χ0v) is 14.6. The van der Waals surface area contributed by atoms with E-state index in [0.29, 0.717) is 13.2 Å². The number of rotatable bonds is 11. The summed E-state index contributed by atoms with van der Waals surface area (Å²) in [6.45, 7) is 8.31. The van der Waals surface area contributed by atoms with Gasteiger partial charge in [-0.3, -0.25) is 10.1 Å². The second-order valence-corrected chi connectivity index (χ2v) is 5.28. The molecule has 0 bridgehead atoms. The van der Waals surface area contributed by atoms with Crippen LogP contribution in [0, 0.1) is 10.1 Å². The van der Waals surface area contributed by atoms with Crippen molar-refractivity contribution in [3.8, 4) is 6.01 Å². The van der Waals surface area contributed by atoms with Crippen molar-refractivity contribution in [1.29, 1.82) is 0 Å². The average molecular weight is 342 g/mol. The minimum absolute atomic E-state index is 0.0617. The number of nitrogens with zero attached hydrogens (tertiary/aromatic N) is 4. The Kier molecular flexibility index (Phi) is 8.34. The number of hydrogen-bond acceptors (Lipinski definition) is 8. The maximum absolute atomic E-state index is 11.3. The summed E-state index contributed by atoms with van der Waals surface area (Å²) in [5, 5.41) is 21.1. The van der Waals surface area contributed by atoms with Crippen LogP contribution in [0.15, 0.2) is 6.20 Å². The molecule has 2 unspecified atom stereocenters. The van der Waals surface area contributed by atoms with Crippen molar-refractivity contribution in [2.45, 2.75) is 52.9 Å². The number of aliphatic hydroxyl groups excluding tert-OH is 1. The highest BCUT2D eigenvalue weighted by atomic mass is 16.6. The van der Waals surface area contributed by atoms with E-state index < -0.39 is 11.2 Å². The van der Waals surface area contributed by atoms with E-state index in [2.05, 4.69) is 9.97 Å². The molecule has 0 amide bonds. The monoisotopic (exact) mass is 342 g/mol. The molecule has 0 aromatic carbocycles. The lowest BCUT2D eigenvalue weighted by atomic mass is 10.2. The quantitative estimate of drug-likeness (QED) is 0.370. The van der Waals surface area contributed by atoms with E-state index in [-0.39, 0.29) is 30.2 Å². The van der Waals surface area contributed by atoms with Gasteiger partial charge in [0.25, 0.3) is 0 Å². The lowest BCUT2D eigenvalue weighted by molar-refractivity contribution is -0.384. The maximum Gasteiger partial charge on any atom is 0.329 e. The number of anilines is 1. The van der Waals surface area contributed by atoms with Crippen LogP contribution in [-0.2, 0) is 4.74 Å². The van der Waals surface area contributed by atoms with Crippen molar-refractivity contribution in [3.05, 3.63) is 16.3 Å². The summed E-state index contributed by atoms with van der Waals surface area (Å²) in [5.41, 5.74) is -0.240. The third-order valence-electron chi connectivity index (χ3n) is 3.34. The van der Waals surface area contributed by atoms with Gasteiger partial charge in [-0.1, -0.05) is 13.3 Å². The second kappa shape index (κ2) is 9.99. The van der Waals surface area contributed by atoms with Crippen LogP contribution in [0.4, 0.5) is 11.5 Å². The van der Waals surface area contributed by atoms with E-state index in [1.54, 1.807) is 11.8 Å². The number of likely N-dealkylation sites (N-methyl/N-ethyl adjacent to an activating group) is 1. The fourth-order valence-electron chi connectivity index (χ4n) is 2.21. The minimum Gasteiger partial charge on any atom is -0.460 e. The van der Waals surface area contributed by atoms with Gasteiger partial charge in [-0.2, -0.15) is 9.97 Å². The maximum atomic E-state index is 11.3. The third-order valence-corrected chi connectivity index (χ3v) is 3.34. The molecule has 2 atom stereocenters. The zero-order valence-electron chi connectivity index (χ0n) is 14.6. The number of ether oxygens (including phenoxy) is 2. The number of aliphatic hydroxyl groups is 1. The van der Waals surface area contributed by atoms with Gasteiger partial charge in [-0.25, -0.2) is 0 Å². The van der Waals surface area contributed by atoms with E-state index >= 15 is 0 Å². The highest BCUT2D eigenvalue weighted by Gasteiger charge is 2.24. The molecule has 0 spiro atoms. The fraction of sp³-hybridized carbons (Fsp3) is 0.733. The average Bonchev–Trinajstić information content (AvgIpc) is 2.52. The predicted octanol–water partition coefficient (Wildman–Crippen LogP) is 2.13. The predicted molar refractivity (Wildman–Crippen MR) is 89.2 cm³/mol. The Labute approximate surface area is 141 Å². The molecule has 1 heterocycles. The third kappa shape index (κ3) is 5.89. The van der Waals surface area contributed by atoms with Gasteiger partial charge in [-0.15, -0.1) is 0 Å². The van der Waals surface area contributed by atoms with Crippen molar-refractivity contribution in [1.82, 2.24) is 9.97 Å². The molecular weight excluding hydrogens is 316 g/mol. The first-order valence-corrected chi connectivity index (χ1v) is 8.15. The summed E-state index contributed by atoms with van der Waals surface area (Å²) in [7, 11) is 0. The van der Waals surface area contributed by atoms with Crippen LogP contribution in [0.5, 0.6) is 6.01 Å². The Hall–Kier alpha value is -2.00. The van der Waals surface area contributed by atoms with Crippen molar-refractivity contribution in [2.75, 3.05) is 24.6 Å². The largest absolute Gasteiger partial charge is 0.460 e. The molecule has 24 heavy (non-hydrogen) atoms. The molecule has 9 heteroatoms. The molecular formula is C15H26N4O5. The Balaban J connectivity index is 3.07. The summed E-state index contributed by atoms with van der Waals surface area (Å²) in [5.74, 6) is 0.106. The highest BCUT2D eigenvalue weighted by Crippen LogP contribution is 2.27. The number of nitro groups is 1. The van der Waals surface area contributed by atoms with E-state index in [9.17, 15) is 15.2 Å². The summed E-state index contributed by atoms with van der Waals surface area (Å²) in [4.78, 5) is 20.4. The first-order valence-electron chi connectivity index (χ1n) is 8.15. The smallest absolute Gasteiger partial charge is 0.329 e. The van der Waals surface area contributed by atoms with Gasteiger partial charge in [0.05, 0.1) is 17.6 Å². The van der Waals surface area contributed by atoms with Gasteiger partial charge in [0.2, 0.25) is 5.82 Å². The molecule has 9 nitrogen and oxygen atoms in total. The zero-order chi connectivity index (χ0) is 18.1.